The van der Waals surface area contributed by atoms with E-state index in [1.165, 1.54) is 7.11 Å². The van der Waals surface area contributed by atoms with E-state index >= 15 is 0 Å². The molecule has 21 heavy (non-hydrogen) atoms. The summed E-state index contributed by atoms with van der Waals surface area (Å²) in [4.78, 5) is 12.6. The van der Waals surface area contributed by atoms with Crippen molar-refractivity contribution >= 4 is 28.1 Å². The first kappa shape index (κ1) is 15.1. The van der Waals surface area contributed by atoms with Gasteiger partial charge < -0.3 is 15.8 Å². The fraction of sp³-hybridized carbons (Fsp3) is 0.133. The van der Waals surface area contributed by atoms with E-state index in [1.54, 1.807) is 42.5 Å². The molecule has 5 nitrogen and oxygen atoms in total. The largest absolute Gasteiger partial charge is 0.494 e. The molecule has 0 aliphatic carbocycles. The SMILES string of the molecule is COc1cc(N)ccc1NC(=O)CS(=O)c1ccccc1. The van der Waals surface area contributed by atoms with E-state index in [2.05, 4.69) is 5.32 Å². The number of nitrogens with two attached hydrogens (primary N) is 1. The van der Waals surface area contributed by atoms with Gasteiger partial charge in [0.2, 0.25) is 5.91 Å². The van der Waals surface area contributed by atoms with Gasteiger partial charge in [-0.3, -0.25) is 9.00 Å². The van der Waals surface area contributed by atoms with Gasteiger partial charge in [0, 0.05) is 16.6 Å². The number of carbonyl (C=O) groups is 1. The quantitative estimate of drug-likeness (QED) is 0.828. The molecular formula is C15H16N2O3S. The van der Waals surface area contributed by atoms with Crippen LogP contribution in [0.25, 0.3) is 0 Å². The van der Waals surface area contributed by atoms with Crippen LogP contribution in [0, 0.1) is 0 Å². The lowest BCUT2D eigenvalue weighted by atomic mass is 10.2. The van der Waals surface area contributed by atoms with Crippen LogP contribution in [0.2, 0.25) is 0 Å². The summed E-state index contributed by atoms with van der Waals surface area (Å²) in [5, 5.41) is 2.68. The molecule has 0 aliphatic heterocycles. The van der Waals surface area contributed by atoms with E-state index in [1.807, 2.05) is 6.07 Å². The maximum Gasteiger partial charge on any atom is 0.237 e. The second kappa shape index (κ2) is 6.90. The highest BCUT2D eigenvalue weighted by Gasteiger charge is 2.12. The minimum Gasteiger partial charge on any atom is -0.494 e. The van der Waals surface area contributed by atoms with E-state index < -0.39 is 10.8 Å². The zero-order chi connectivity index (χ0) is 15.2. The van der Waals surface area contributed by atoms with Crippen LogP contribution in [0.4, 0.5) is 11.4 Å². The van der Waals surface area contributed by atoms with E-state index in [0.717, 1.165) is 0 Å². The molecule has 0 spiro atoms. The Morgan fingerprint density at radius 1 is 1.24 bits per heavy atom. The lowest BCUT2D eigenvalue weighted by Crippen LogP contribution is -2.20. The molecule has 2 rings (SSSR count). The van der Waals surface area contributed by atoms with Gasteiger partial charge in [0.25, 0.3) is 0 Å². The third-order valence-corrected chi connectivity index (χ3v) is 4.09. The van der Waals surface area contributed by atoms with Crippen LogP contribution >= 0.6 is 0 Å². The summed E-state index contributed by atoms with van der Waals surface area (Å²) in [5.41, 5.74) is 6.69. The molecule has 0 aromatic heterocycles. The summed E-state index contributed by atoms with van der Waals surface area (Å²) in [6.45, 7) is 0. The minimum atomic E-state index is -1.38. The topological polar surface area (TPSA) is 81.4 Å². The Balaban J connectivity index is 2.04. The zero-order valence-corrected chi connectivity index (χ0v) is 12.4. The van der Waals surface area contributed by atoms with Crippen molar-refractivity contribution in [3.8, 4) is 5.75 Å². The van der Waals surface area contributed by atoms with Crippen molar-refractivity contribution in [1.82, 2.24) is 0 Å². The van der Waals surface area contributed by atoms with Crippen molar-refractivity contribution in [2.24, 2.45) is 0 Å². The fourth-order valence-electron chi connectivity index (χ4n) is 1.77. The Morgan fingerprint density at radius 2 is 1.95 bits per heavy atom. The molecular weight excluding hydrogens is 288 g/mol. The van der Waals surface area contributed by atoms with Gasteiger partial charge in [-0.1, -0.05) is 18.2 Å². The molecule has 0 fully saturated rings. The van der Waals surface area contributed by atoms with Crippen LogP contribution in [-0.2, 0) is 15.6 Å². The zero-order valence-electron chi connectivity index (χ0n) is 11.5. The normalized spacial score (nSPS) is 11.7. The first-order valence-corrected chi connectivity index (χ1v) is 7.59. The lowest BCUT2D eigenvalue weighted by molar-refractivity contribution is -0.113. The lowest BCUT2D eigenvalue weighted by Gasteiger charge is -2.10. The van der Waals surface area contributed by atoms with Crippen LogP contribution < -0.4 is 15.8 Å². The Bertz CT molecular complexity index is 659. The van der Waals surface area contributed by atoms with Crippen LogP contribution in [0.5, 0.6) is 5.75 Å². The van der Waals surface area contributed by atoms with Gasteiger partial charge >= 0.3 is 0 Å². The van der Waals surface area contributed by atoms with Gasteiger partial charge in [-0.25, -0.2) is 0 Å². The van der Waals surface area contributed by atoms with Crippen molar-refractivity contribution < 1.29 is 13.7 Å². The second-order valence-corrected chi connectivity index (χ2v) is 5.76. The molecule has 2 aromatic rings. The average molecular weight is 304 g/mol. The average Bonchev–Trinajstić information content (AvgIpc) is 2.49. The molecule has 6 heteroatoms. The molecule has 0 aliphatic rings. The predicted octanol–water partition coefficient (Wildman–Crippen LogP) is 2.02. The summed E-state index contributed by atoms with van der Waals surface area (Å²) in [6, 6.07) is 13.8. The van der Waals surface area contributed by atoms with Gasteiger partial charge in [0.15, 0.2) is 0 Å². The first-order valence-electron chi connectivity index (χ1n) is 6.27. The number of ether oxygens (including phenoxy) is 1. The molecule has 1 unspecified atom stereocenters. The van der Waals surface area contributed by atoms with Crippen molar-refractivity contribution in [2.75, 3.05) is 23.9 Å². The Hall–Kier alpha value is -2.34. The highest BCUT2D eigenvalue weighted by molar-refractivity contribution is 7.85. The highest BCUT2D eigenvalue weighted by atomic mass is 32.2. The monoisotopic (exact) mass is 304 g/mol. The number of hydrogen-bond donors (Lipinski definition) is 2. The number of nitrogen functional groups attached to an aromatic ring is 1. The maximum absolute atomic E-state index is 12.1. The number of amides is 1. The van der Waals surface area contributed by atoms with Gasteiger partial charge in [0.1, 0.15) is 11.5 Å². The van der Waals surface area contributed by atoms with Gasteiger partial charge in [-0.2, -0.15) is 0 Å². The summed E-state index contributed by atoms with van der Waals surface area (Å²) in [5.74, 6) is 0.00599. The van der Waals surface area contributed by atoms with E-state index in [-0.39, 0.29) is 11.7 Å². The smallest absolute Gasteiger partial charge is 0.237 e. The number of benzene rings is 2. The predicted molar refractivity (Wildman–Crippen MR) is 83.8 cm³/mol. The number of carbonyl (C=O) groups excluding carboxylic acids is 1. The van der Waals surface area contributed by atoms with Crippen molar-refractivity contribution in [3.05, 3.63) is 48.5 Å². The van der Waals surface area contributed by atoms with E-state index in [9.17, 15) is 9.00 Å². The molecule has 1 atom stereocenters. The van der Waals surface area contributed by atoms with Gasteiger partial charge in [-0.05, 0) is 24.3 Å². The van der Waals surface area contributed by atoms with Crippen molar-refractivity contribution in [3.63, 3.8) is 0 Å². The summed E-state index contributed by atoms with van der Waals surface area (Å²) >= 11 is 0. The number of rotatable bonds is 5. The number of anilines is 2. The standard InChI is InChI=1S/C15H16N2O3S/c1-20-14-9-11(16)7-8-13(14)17-15(18)10-21(19)12-5-3-2-4-6-12/h2-9H,10,16H2,1H3,(H,17,18). The third-order valence-electron chi connectivity index (χ3n) is 2.77. The molecule has 0 heterocycles. The molecule has 110 valence electrons. The van der Waals surface area contributed by atoms with Gasteiger partial charge in [-0.15, -0.1) is 0 Å². The van der Waals surface area contributed by atoms with Crippen LogP contribution in [0.15, 0.2) is 53.4 Å². The van der Waals surface area contributed by atoms with Crippen molar-refractivity contribution in [2.45, 2.75) is 4.90 Å². The molecule has 0 bridgehead atoms. The second-order valence-electron chi connectivity index (χ2n) is 4.31. The molecule has 2 aromatic carbocycles. The minimum absolute atomic E-state index is 0.114. The van der Waals surface area contributed by atoms with Crippen LogP contribution in [0.1, 0.15) is 0 Å². The van der Waals surface area contributed by atoms with E-state index in [4.69, 9.17) is 10.5 Å². The number of methoxy groups -OCH3 is 1. The van der Waals surface area contributed by atoms with Crippen LogP contribution in [0.3, 0.4) is 0 Å². The summed E-state index contributed by atoms with van der Waals surface area (Å²) < 4.78 is 17.2. The molecule has 0 radical (unpaired) electrons. The Labute approximate surface area is 125 Å². The van der Waals surface area contributed by atoms with Crippen molar-refractivity contribution in [1.29, 1.82) is 0 Å². The molecule has 0 saturated heterocycles. The van der Waals surface area contributed by atoms with Gasteiger partial charge in [0.05, 0.1) is 23.6 Å². The Morgan fingerprint density at radius 3 is 2.62 bits per heavy atom. The summed E-state index contributed by atoms with van der Waals surface area (Å²) in [6.07, 6.45) is 0. The van der Waals surface area contributed by atoms with E-state index in [0.29, 0.717) is 22.0 Å². The molecule has 0 saturated carbocycles. The highest BCUT2D eigenvalue weighted by Crippen LogP contribution is 2.26. The fourth-order valence-corrected chi connectivity index (χ4v) is 2.71. The molecule has 1 amide bonds. The molecule has 3 N–H and O–H groups in total. The number of nitrogens with one attached hydrogen (secondary N) is 1. The Kier molecular flexibility index (Phi) is 4.94. The maximum atomic E-state index is 12.1. The first-order chi connectivity index (χ1) is 10.1. The summed E-state index contributed by atoms with van der Waals surface area (Å²) in [7, 11) is 0.115. The number of hydrogen-bond acceptors (Lipinski definition) is 4. The van der Waals surface area contributed by atoms with Crippen LogP contribution in [-0.4, -0.2) is 23.0 Å². The third kappa shape index (κ3) is 4.06.